The second-order valence-corrected chi connectivity index (χ2v) is 5.70. The molecule has 0 spiro atoms. The third-order valence-corrected chi connectivity index (χ3v) is 4.09. The van der Waals surface area contributed by atoms with Crippen molar-refractivity contribution in [3.8, 4) is 0 Å². The zero-order chi connectivity index (χ0) is 14.5. The lowest BCUT2D eigenvalue weighted by molar-refractivity contribution is 0.143. The lowest BCUT2D eigenvalue weighted by atomic mass is 9.98. The minimum atomic E-state index is 0.635. The molecule has 0 aliphatic carbocycles. The summed E-state index contributed by atoms with van der Waals surface area (Å²) in [6.45, 7) is 9.19. The van der Waals surface area contributed by atoms with Gasteiger partial charge in [-0.25, -0.2) is 0 Å². The Bertz CT molecular complexity index is 428. The van der Waals surface area contributed by atoms with E-state index in [2.05, 4.69) is 36.2 Å². The molecular formula is C15H28N4O. The molecule has 1 aliphatic heterocycles. The van der Waals surface area contributed by atoms with Crippen molar-refractivity contribution in [2.75, 3.05) is 38.3 Å². The third kappa shape index (κ3) is 3.33. The zero-order valence-corrected chi connectivity index (χ0v) is 13.3. The summed E-state index contributed by atoms with van der Waals surface area (Å²) in [5, 5.41) is 8.04. The molecule has 2 heterocycles. The van der Waals surface area contributed by atoms with Gasteiger partial charge in [0.1, 0.15) is 5.82 Å². The molecule has 20 heavy (non-hydrogen) atoms. The number of piperidine rings is 1. The topological polar surface area (TPSA) is 42.3 Å². The summed E-state index contributed by atoms with van der Waals surface area (Å²) in [7, 11) is 3.85. The highest BCUT2D eigenvalue weighted by Gasteiger charge is 2.25. The number of methoxy groups -OCH3 is 1. The van der Waals surface area contributed by atoms with Crippen LogP contribution in [0.1, 0.15) is 31.0 Å². The number of anilines is 1. The Kier molecular flexibility index (Phi) is 5.43. The van der Waals surface area contributed by atoms with Crippen molar-refractivity contribution in [3.05, 3.63) is 11.3 Å². The van der Waals surface area contributed by atoms with E-state index in [1.807, 2.05) is 4.68 Å². The molecule has 0 radical (unpaired) electrons. The van der Waals surface area contributed by atoms with Crippen LogP contribution in [0.2, 0.25) is 0 Å². The first kappa shape index (κ1) is 15.3. The molecule has 1 aromatic heterocycles. The molecule has 0 saturated carbocycles. The van der Waals surface area contributed by atoms with E-state index in [-0.39, 0.29) is 0 Å². The summed E-state index contributed by atoms with van der Waals surface area (Å²) >= 11 is 0. The van der Waals surface area contributed by atoms with Crippen molar-refractivity contribution in [3.63, 3.8) is 0 Å². The van der Waals surface area contributed by atoms with Gasteiger partial charge in [0.2, 0.25) is 0 Å². The van der Waals surface area contributed by atoms with E-state index >= 15 is 0 Å². The summed E-state index contributed by atoms with van der Waals surface area (Å²) < 4.78 is 7.37. The number of aromatic nitrogens is 2. The lowest BCUT2D eigenvalue weighted by Gasteiger charge is -2.34. The number of nitrogens with zero attached hydrogens (tertiary/aromatic N) is 3. The van der Waals surface area contributed by atoms with E-state index in [1.165, 1.54) is 24.2 Å². The SMILES string of the molecule is CCNCc1c(C)nn(C)c1N1CCCC(COC)C1. The van der Waals surface area contributed by atoms with Gasteiger partial charge in [-0.05, 0) is 32.2 Å². The first-order valence-electron chi connectivity index (χ1n) is 7.64. The van der Waals surface area contributed by atoms with Gasteiger partial charge < -0.3 is 15.0 Å². The molecule has 1 aromatic rings. The summed E-state index contributed by atoms with van der Waals surface area (Å²) in [5.41, 5.74) is 2.48. The van der Waals surface area contributed by atoms with Gasteiger partial charge in [0.05, 0.1) is 12.3 Å². The third-order valence-electron chi connectivity index (χ3n) is 4.09. The Morgan fingerprint density at radius 1 is 1.45 bits per heavy atom. The predicted octanol–water partition coefficient (Wildman–Crippen LogP) is 1.70. The molecule has 5 heteroatoms. The molecule has 1 unspecified atom stereocenters. The van der Waals surface area contributed by atoms with E-state index in [1.54, 1.807) is 7.11 Å². The highest BCUT2D eigenvalue weighted by atomic mass is 16.5. The van der Waals surface area contributed by atoms with Crippen LogP contribution in [0.4, 0.5) is 5.82 Å². The maximum Gasteiger partial charge on any atom is 0.131 e. The van der Waals surface area contributed by atoms with Gasteiger partial charge in [0, 0.05) is 39.4 Å². The van der Waals surface area contributed by atoms with E-state index in [0.29, 0.717) is 5.92 Å². The molecule has 0 bridgehead atoms. The van der Waals surface area contributed by atoms with Gasteiger partial charge in [-0.15, -0.1) is 0 Å². The predicted molar refractivity (Wildman–Crippen MR) is 82.1 cm³/mol. The number of nitrogens with one attached hydrogen (secondary N) is 1. The van der Waals surface area contributed by atoms with Crippen LogP contribution >= 0.6 is 0 Å². The average molecular weight is 280 g/mol. The van der Waals surface area contributed by atoms with Crippen LogP contribution < -0.4 is 10.2 Å². The fourth-order valence-corrected chi connectivity index (χ4v) is 3.17. The Morgan fingerprint density at radius 2 is 2.25 bits per heavy atom. The van der Waals surface area contributed by atoms with Gasteiger partial charge in [-0.1, -0.05) is 6.92 Å². The van der Waals surface area contributed by atoms with Gasteiger partial charge in [-0.2, -0.15) is 5.10 Å². The fourth-order valence-electron chi connectivity index (χ4n) is 3.17. The molecule has 1 fully saturated rings. The van der Waals surface area contributed by atoms with Crippen LogP contribution in [0.5, 0.6) is 0 Å². The van der Waals surface area contributed by atoms with E-state index in [0.717, 1.165) is 38.5 Å². The average Bonchev–Trinajstić information content (AvgIpc) is 2.71. The van der Waals surface area contributed by atoms with Gasteiger partial charge in [0.15, 0.2) is 0 Å². The number of hydrogen-bond acceptors (Lipinski definition) is 4. The zero-order valence-electron chi connectivity index (χ0n) is 13.3. The van der Waals surface area contributed by atoms with Crippen molar-refractivity contribution in [2.45, 2.75) is 33.2 Å². The molecule has 0 aromatic carbocycles. The van der Waals surface area contributed by atoms with Gasteiger partial charge >= 0.3 is 0 Å². The van der Waals surface area contributed by atoms with Crippen LogP contribution in [0.15, 0.2) is 0 Å². The molecule has 5 nitrogen and oxygen atoms in total. The minimum absolute atomic E-state index is 0.635. The summed E-state index contributed by atoms with van der Waals surface area (Å²) in [6, 6.07) is 0. The fraction of sp³-hybridized carbons (Fsp3) is 0.800. The van der Waals surface area contributed by atoms with Crippen LogP contribution in [-0.4, -0.2) is 43.1 Å². The Balaban J connectivity index is 2.17. The number of rotatable bonds is 6. The highest BCUT2D eigenvalue weighted by Crippen LogP contribution is 2.28. The molecule has 1 aliphatic rings. The van der Waals surface area contributed by atoms with Crippen molar-refractivity contribution in [2.24, 2.45) is 13.0 Å². The molecule has 0 amide bonds. The molecule has 1 saturated heterocycles. The largest absolute Gasteiger partial charge is 0.384 e. The molecule has 1 atom stereocenters. The molecule has 114 valence electrons. The number of aryl methyl sites for hydroxylation is 2. The Morgan fingerprint density at radius 3 is 2.95 bits per heavy atom. The summed E-state index contributed by atoms with van der Waals surface area (Å²) in [5.74, 6) is 1.92. The Labute approximate surface area is 122 Å². The smallest absolute Gasteiger partial charge is 0.131 e. The van der Waals surface area contributed by atoms with Gasteiger partial charge in [-0.3, -0.25) is 4.68 Å². The highest BCUT2D eigenvalue weighted by molar-refractivity contribution is 5.50. The number of ether oxygens (including phenoxy) is 1. The van der Waals surface area contributed by atoms with E-state index < -0.39 is 0 Å². The second kappa shape index (κ2) is 7.09. The first-order valence-corrected chi connectivity index (χ1v) is 7.64. The van der Waals surface area contributed by atoms with Crippen LogP contribution in [-0.2, 0) is 18.3 Å². The number of hydrogen-bond donors (Lipinski definition) is 1. The van der Waals surface area contributed by atoms with Gasteiger partial charge in [0.25, 0.3) is 0 Å². The summed E-state index contributed by atoms with van der Waals surface area (Å²) in [6.07, 6.45) is 2.50. The second-order valence-electron chi connectivity index (χ2n) is 5.70. The molecule has 1 N–H and O–H groups in total. The maximum atomic E-state index is 5.33. The van der Waals surface area contributed by atoms with Crippen molar-refractivity contribution >= 4 is 5.82 Å². The minimum Gasteiger partial charge on any atom is -0.384 e. The van der Waals surface area contributed by atoms with E-state index in [4.69, 9.17) is 4.74 Å². The van der Waals surface area contributed by atoms with Crippen molar-refractivity contribution < 1.29 is 4.74 Å². The lowest BCUT2D eigenvalue weighted by Crippen LogP contribution is -2.38. The normalized spacial score (nSPS) is 19.6. The first-order chi connectivity index (χ1) is 9.67. The quantitative estimate of drug-likeness (QED) is 0.861. The van der Waals surface area contributed by atoms with Crippen molar-refractivity contribution in [1.29, 1.82) is 0 Å². The molecular weight excluding hydrogens is 252 g/mol. The monoisotopic (exact) mass is 280 g/mol. The van der Waals surface area contributed by atoms with Crippen LogP contribution in [0, 0.1) is 12.8 Å². The van der Waals surface area contributed by atoms with Crippen LogP contribution in [0.25, 0.3) is 0 Å². The van der Waals surface area contributed by atoms with Crippen LogP contribution in [0.3, 0.4) is 0 Å². The summed E-state index contributed by atoms with van der Waals surface area (Å²) in [4.78, 5) is 2.49. The maximum absolute atomic E-state index is 5.33. The Hall–Kier alpha value is -1.07. The standard InChI is InChI=1S/C15H28N4O/c1-5-16-9-14-12(2)17-18(3)15(14)19-8-6-7-13(10-19)11-20-4/h13,16H,5-11H2,1-4H3. The van der Waals surface area contributed by atoms with E-state index in [9.17, 15) is 0 Å². The molecule has 2 rings (SSSR count). The van der Waals surface area contributed by atoms with Crippen molar-refractivity contribution in [1.82, 2.24) is 15.1 Å².